The van der Waals surface area contributed by atoms with Crippen molar-refractivity contribution in [2.75, 3.05) is 0 Å². The zero-order valence-electron chi connectivity index (χ0n) is 7.11. The topological polar surface area (TPSA) is 66.8 Å². The van der Waals surface area contributed by atoms with E-state index in [4.69, 9.17) is 9.84 Å². The van der Waals surface area contributed by atoms with Crippen LogP contribution < -0.4 is 0 Å². The van der Waals surface area contributed by atoms with Crippen LogP contribution in [0.15, 0.2) is 11.5 Å². The second kappa shape index (κ2) is 2.48. The highest BCUT2D eigenvalue weighted by atomic mass is 16.5. The van der Waals surface area contributed by atoms with Gasteiger partial charge in [-0.2, -0.15) is 0 Å². The van der Waals surface area contributed by atoms with E-state index in [1.54, 1.807) is 6.92 Å². The van der Waals surface area contributed by atoms with Gasteiger partial charge in [-0.1, -0.05) is 6.92 Å². The summed E-state index contributed by atoms with van der Waals surface area (Å²) in [7, 11) is 0. The number of β-lactam (4-membered cyclic amide) rings is 1. The predicted octanol–water partition coefficient (Wildman–Crippen LogP) is 0.281. The van der Waals surface area contributed by atoms with E-state index in [9.17, 15) is 9.59 Å². The van der Waals surface area contributed by atoms with Crippen LogP contribution in [0, 0.1) is 0 Å². The fourth-order valence-electron chi connectivity index (χ4n) is 1.58. The molecule has 70 valence electrons. The first-order chi connectivity index (χ1) is 6.15. The first-order valence-corrected chi connectivity index (χ1v) is 4.10. The summed E-state index contributed by atoms with van der Waals surface area (Å²) in [5.41, 5.74) is 0.0174. The molecule has 2 aliphatic heterocycles. The minimum atomic E-state index is -1.09. The van der Waals surface area contributed by atoms with Crippen LogP contribution in [0.1, 0.15) is 19.8 Å². The summed E-state index contributed by atoms with van der Waals surface area (Å²) in [4.78, 5) is 23.0. The van der Waals surface area contributed by atoms with Gasteiger partial charge in [0.05, 0.1) is 6.42 Å². The lowest BCUT2D eigenvalue weighted by Gasteiger charge is -2.32. The van der Waals surface area contributed by atoms with E-state index in [-0.39, 0.29) is 17.8 Å². The van der Waals surface area contributed by atoms with E-state index in [1.807, 2.05) is 0 Å². The van der Waals surface area contributed by atoms with Crippen molar-refractivity contribution < 1.29 is 19.4 Å². The molecular weight excluding hydrogens is 174 g/mol. The second-order valence-corrected chi connectivity index (χ2v) is 2.97. The molecule has 0 bridgehead atoms. The molecule has 5 nitrogen and oxygen atoms in total. The van der Waals surface area contributed by atoms with Crippen LogP contribution >= 0.6 is 0 Å². The van der Waals surface area contributed by atoms with E-state index in [0.29, 0.717) is 18.6 Å². The van der Waals surface area contributed by atoms with Crippen molar-refractivity contribution in [1.29, 1.82) is 0 Å². The van der Waals surface area contributed by atoms with Gasteiger partial charge in [0, 0.05) is 6.42 Å². The largest absolute Gasteiger partial charge is 0.476 e. The third-order valence-electron chi connectivity index (χ3n) is 2.21. The summed E-state index contributed by atoms with van der Waals surface area (Å²) in [6.45, 7) is 1.80. The molecule has 1 fully saturated rings. The molecule has 0 saturated carbocycles. The van der Waals surface area contributed by atoms with Crippen LogP contribution in [0.3, 0.4) is 0 Å². The Kier molecular flexibility index (Phi) is 1.55. The van der Waals surface area contributed by atoms with Gasteiger partial charge in [-0.25, -0.2) is 4.79 Å². The SMILES string of the molecule is CCC1=C(C(=O)O)N2C(=O)C[C@H]2O1. The molecule has 1 atom stereocenters. The van der Waals surface area contributed by atoms with Crippen LogP contribution in [0.5, 0.6) is 0 Å². The average Bonchev–Trinajstić information content (AvgIpc) is 2.37. The number of carboxylic acids is 1. The molecule has 2 rings (SSSR count). The van der Waals surface area contributed by atoms with E-state index in [0.717, 1.165) is 0 Å². The third-order valence-corrected chi connectivity index (χ3v) is 2.21. The third kappa shape index (κ3) is 0.929. The molecule has 0 unspecified atom stereocenters. The summed E-state index contributed by atoms with van der Waals surface area (Å²) in [5, 5.41) is 8.82. The number of hydrogen-bond acceptors (Lipinski definition) is 3. The smallest absolute Gasteiger partial charge is 0.356 e. The van der Waals surface area contributed by atoms with Crippen molar-refractivity contribution in [1.82, 2.24) is 4.90 Å². The number of carbonyl (C=O) groups excluding carboxylic acids is 1. The van der Waals surface area contributed by atoms with Crippen molar-refractivity contribution in [3.8, 4) is 0 Å². The first-order valence-electron chi connectivity index (χ1n) is 4.10. The number of aliphatic carboxylic acids is 1. The normalized spacial score (nSPS) is 25.5. The summed E-state index contributed by atoms with van der Waals surface area (Å²) in [5.74, 6) is -0.860. The molecule has 2 heterocycles. The monoisotopic (exact) mass is 183 g/mol. The molecular formula is C8H9NO4. The predicted molar refractivity (Wildman–Crippen MR) is 41.3 cm³/mol. The van der Waals surface area contributed by atoms with Crippen molar-refractivity contribution in [3.63, 3.8) is 0 Å². The summed E-state index contributed by atoms with van der Waals surface area (Å²) < 4.78 is 5.26. The highest BCUT2D eigenvalue weighted by molar-refractivity contribution is 5.97. The molecule has 0 aromatic carbocycles. The minimum absolute atomic E-state index is 0.0174. The number of nitrogens with zero attached hydrogens (tertiary/aromatic N) is 1. The number of carboxylic acid groups (broad SMARTS) is 1. The Labute approximate surface area is 74.6 Å². The number of ether oxygens (including phenoxy) is 1. The van der Waals surface area contributed by atoms with Crippen molar-refractivity contribution in [2.24, 2.45) is 0 Å². The second-order valence-electron chi connectivity index (χ2n) is 2.97. The maximum atomic E-state index is 11.0. The number of fused-ring (bicyclic) bond motifs is 1. The van der Waals surface area contributed by atoms with Gasteiger partial charge < -0.3 is 9.84 Å². The lowest BCUT2D eigenvalue weighted by atomic mass is 10.1. The van der Waals surface area contributed by atoms with Crippen molar-refractivity contribution in [2.45, 2.75) is 26.0 Å². The first kappa shape index (κ1) is 8.10. The number of allylic oxidation sites excluding steroid dienone is 1. The Bertz CT molecular complexity index is 320. The molecule has 1 N–H and O–H groups in total. The lowest BCUT2D eigenvalue weighted by molar-refractivity contribution is -0.158. The van der Waals surface area contributed by atoms with Gasteiger partial charge in [0.2, 0.25) is 5.91 Å². The van der Waals surface area contributed by atoms with Crippen molar-refractivity contribution >= 4 is 11.9 Å². The Hall–Kier alpha value is -1.52. The van der Waals surface area contributed by atoms with Gasteiger partial charge >= 0.3 is 5.97 Å². The molecule has 13 heavy (non-hydrogen) atoms. The number of hydrogen-bond donors (Lipinski definition) is 1. The maximum Gasteiger partial charge on any atom is 0.356 e. The Morgan fingerprint density at radius 1 is 1.77 bits per heavy atom. The fourth-order valence-corrected chi connectivity index (χ4v) is 1.58. The standard InChI is InChI=1S/C8H9NO4/c1-2-4-7(8(11)12)9-5(10)3-6(9)13-4/h6H,2-3H2,1H3,(H,11,12)/t6-/m1/s1. The fraction of sp³-hybridized carbons (Fsp3) is 0.500. The number of amides is 1. The van der Waals surface area contributed by atoms with Gasteiger partial charge in [0.25, 0.3) is 0 Å². The van der Waals surface area contributed by atoms with Gasteiger partial charge in [-0.3, -0.25) is 9.69 Å². The number of carbonyl (C=O) groups is 2. The molecule has 0 aromatic rings. The molecule has 0 aliphatic carbocycles. The molecule has 0 radical (unpaired) electrons. The summed E-state index contributed by atoms with van der Waals surface area (Å²) in [6, 6.07) is 0. The number of rotatable bonds is 2. The van der Waals surface area contributed by atoms with E-state index in [2.05, 4.69) is 0 Å². The van der Waals surface area contributed by atoms with E-state index in [1.165, 1.54) is 4.90 Å². The summed E-state index contributed by atoms with van der Waals surface area (Å²) >= 11 is 0. The van der Waals surface area contributed by atoms with Gasteiger partial charge in [-0.15, -0.1) is 0 Å². The van der Waals surface area contributed by atoms with Gasteiger partial charge in [-0.05, 0) is 0 Å². The van der Waals surface area contributed by atoms with Gasteiger partial charge in [0.1, 0.15) is 5.76 Å². The molecule has 0 spiro atoms. The van der Waals surface area contributed by atoms with Crippen molar-refractivity contribution in [3.05, 3.63) is 11.5 Å². The highest BCUT2D eigenvalue weighted by Gasteiger charge is 2.49. The zero-order chi connectivity index (χ0) is 9.59. The summed E-state index contributed by atoms with van der Waals surface area (Å²) in [6.07, 6.45) is 0.441. The molecule has 5 heteroatoms. The minimum Gasteiger partial charge on any atom is -0.476 e. The Morgan fingerprint density at radius 3 is 2.92 bits per heavy atom. The van der Waals surface area contributed by atoms with Crippen LogP contribution in [0.2, 0.25) is 0 Å². The maximum absolute atomic E-state index is 11.0. The van der Waals surface area contributed by atoms with E-state index < -0.39 is 5.97 Å². The zero-order valence-corrected chi connectivity index (χ0v) is 7.11. The quantitative estimate of drug-likeness (QED) is 0.624. The molecule has 1 saturated heterocycles. The van der Waals surface area contributed by atoms with Crippen LogP contribution in [-0.2, 0) is 14.3 Å². The molecule has 0 aromatic heterocycles. The Balaban J connectivity index is 2.34. The lowest BCUT2D eigenvalue weighted by Crippen LogP contribution is -2.50. The molecule has 2 aliphatic rings. The van der Waals surface area contributed by atoms with Crippen LogP contribution in [-0.4, -0.2) is 28.1 Å². The van der Waals surface area contributed by atoms with Crippen LogP contribution in [0.4, 0.5) is 0 Å². The van der Waals surface area contributed by atoms with E-state index >= 15 is 0 Å². The average molecular weight is 183 g/mol. The highest BCUT2D eigenvalue weighted by Crippen LogP contribution is 2.36. The Morgan fingerprint density at radius 2 is 2.46 bits per heavy atom. The molecule has 1 amide bonds. The van der Waals surface area contributed by atoms with Gasteiger partial charge in [0.15, 0.2) is 11.9 Å². The van der Waals surface area contributed by atoms with Crippen LogP contribution in [0.25, 0.3) is 0 Å².